The van der Waals surface area contributed by atoms with Crippen LogP contribution in [-0.4, -0.2) is 17.6 Å². The second-order valence-corrected chi connectivity index (χ2v) is 7.04. The van der Waals surface area contributed by atoms with Crippen LogP contribution in [0.4, 0.5) is 0 Å². The Balaban J connectivity index is 1.94. The number of carbonyl (C=O) groups is 2. The van der Waals surface area contributed by atoms with Gasteiger partial charge < -0.3 is 15.8 Å². The van der Waals surface area contributed by atoms with E-state index in [9.17, 15) is 9.59 Å². The number of benzene rings is 2. The lowest BCUT2D eigenvalue weighted by molar-refractivity contribution is -0.121. The molecule has 0 fully saturated rings. The van der Waals surface area contributed by atoms with Crippen LogP contribution in [0.1, 0.15) is 53.6 Å². The highest BCUT2D eigenvalue weighted by Crippen LogP contribution is 2.23. The molecule has 0 atom stereocenters. The van der Waals surface area contributed by atoms with Gasteiger partial charge in [-0.15, -0.1) is 0 Å². The summed E-state index contributed by atoms with van der Waals surface area (Å²) in [6, 6.07) is 15.0. The molecule has 0 saturated carbocycles. The molecule has 0 aliphatic rings. The number of hydrogen-bond acceptors (Lipinski definition) is 4. The molecule has 0 bridgehead atoms. The van der Waals surface area contributed by atoms with Crippen molar-refractivity contribution in [3.05, 3.63) is 65.2 Å². The zero-order chi connectivity index (χ0) is 20.2. The summed E-state index contributed by atoms with van der Waals surface area (Å²) in [7, 11) is 0. The van der Waals surface area contributed by atoms with Gasteiger partial charge >= 0.3 is 0 Å². The van der Waals surface area contributed by atoms with Crippen LogP contribution in [0, 0.1) is 0 Å². The van der Waals surface area contributed by atoms with Crippen LogP contribution in [0.3, 0.4) is 0 Å². The van der Waals surface area contributed by atoms with Gasteiger partial charge in [-0.05, 0) is 35.8 Å². The van der Waals surface area contributed by atoms with Crippen LogP contribution in [0.15, 0.2) is 48.5 Å². The normalized spacial score (nSPS) is 10.5. The molecule has 0 saturated heterocycles. The second-order valence-electron chi connectivity index (χ2n) is 6.59. The van der Waals surface area contributed by atoms with Crippen molar-refractivity contribution in [1.82, 2.24) is 5.32 Å². The van der Waals surface area contributed by atoms with E-state index in [1.54, 1.807) is 18.2 Å². The molecule has 0 aliphatic carbocycles. The van der Waals surface area contributed by atoms with Gasteiger partial charge in [-0.25, -0.2) is 0 Å². The number of hydrogen-bond donors (Lipinski definition) is 3. The molecular weight excluding hydrogens is 372 g/mol. The first-order valence-electron chi connectivity index (χ1n) is 9.57. The molecule has 28 heavy (non-hydrogen) atoms. The summed E-state index contributed by atoms with van der Waals surface area (Å²) in [6.45, 7) is 0.583. The van der Waals surface area contributed by atoms with Crippen molar-refractivity contribution >= 4 is 24.4 Å². The topological polar surface area (TPSA) is 81.4 Å². The predicted molar refractivity (Wildman–Crippen MR) is 115 cm³/mol. The van der Waals surface area contributed by atoms with Crippen LogP contribution >= 0.6 is 12.6 Å². The van der Waals surface area contributed by atoms with Crippen molar-refractivity contribution in [3.63, 3.8) is 0 Å². The fourth-order valence-electron chi connectivity index (χ4n) is 2.89. The van der Waals surface area contributed by atoms with Crippen molar-refractivity contribution in [2.45, 2.75) is 45.3 Å². The third kappa shape index (κ3) is 7.27. The molecule has 150 valence electrons. The van der Waals surface area contributed by atoms with Crippen molar-refractivity contribution in [3.8, 4) is 5.75 Å². The Morgan fingerprint density at radius 2 is 1.71 bits per heavy atom. The van der Waals surface area contributed by atoms with Gasteiger partial charge in [-0.2, -0.15) is 12.6 Å². The Labute approximate surface area is 172 Å². The van der Waals surface area contributed by atoms with E-state index in [4.69, 9.17) is 10.5 Å². The highest BCUT2D eigenvalue weighted by molar-refractivity contribution is 7.80. The third-order valence-corrected chi connectivity index (χ3v) is 4.70. The molecule has 2 aromatic carbocycles. The van der Waals surface area contributed by atoms with Gasteiger partial charge in [-0.3, -0.25) is 9.59 Å². The molecule has 5 nitrogen and oxygen atoms in total. The number of primary amides is 1. The zero-order valence-corrected chi connectivity index (χ0v) is 16.9. The molecule has 0 aliphatic heterocycles. The summed E-state index contributed by atoms with van der Waals surface area (Å²) < 4.78 is 5.81. The standard InChI is InChI=1S/C22H28N2O3S/c23-22(26)21-18(15-24-20(25)13-6-1-2-7-14-28)11-8-12-19(21)27-16-17-9-4-3-5-10-17/h3-5,8-12,28H,1-2,6-7,13-16H2,(H2,23,26)(H,24,25). The number of amides is 2. The van der Waals surface area contributed by atoms with Gasteiger partial charge in [-0.1, -0.05) is 55.3 Å². The van der Waals surface area contributed by atoms with Crippen LogP contribution in [0.5, 0.6) is 5.75 Å². The lowest BCUT2D eigenvalue weighted by Crippen LogP contribution is -2.25. The minimum atomic E-state index is -0.570. The van der Waals surface area contributed by atoms with Crippen LogP contribution in [-0.2, 0) is 17.9 Å². The van der Waals surface area contributed by atoms with Crippen LogP contribution in [0.25, 0.3) is 0 Å². The minimum absolute atomic E-state index is 0.0306. The first-order valence-corrected chi connectivity index (χ1v) is 10.2. The Morgan fingerprint density at radius 1 is 0.964 bits per heavy atom. The molecule has 2 amide bonds. The van der Waals surface area contributed by atoms with Gasteiger partial charge in [0.15, 0.2) is 0 Å². The first kappa shape index (κ1) is 21.8. The van der Waals surface area contributed by atoms with Gasteiger partial charge in [0.2, 0.25) is 5.91 Å². The van der Waals surface area contributed by atoms with E-state index in [1.807, 2.05) is 30.3 Å². The molecule has 0 heterocycles. The fraction of sp³-hybridized carbons (Fsp3) is 0.364. The van der Waals surface area contributed by atoms with Crippen LogP contribution in [0.2, 0.25) is 0 Å². The van der Waals surface area contributed by atoms with Gasteiger partial charge in [0.05, 0.1) is 5.56 Å². The van der Waals surface area contributed by atoms with Gasteiger partial charge in [0, 0.05) is 13.0 Å². The maximum Gasteiger partial charge on any atom is 0.252 e. The van der Waals surface area contributed by atoms with E-state index in [2.05, 4.69) is 17.9 Å². The van der Waals surface area contributed by atoms with Gasteiger partial charge in [0.1, 0.15) is 12.4 Å². The number of unbranched alkanes of at least 4 members (excludes halogenated alkanes) is 3. The highest BCUT2D eigenvalue weighted by Gasteiger charge is 2.15. The second kappa shape index (κ2) is 12.1. The molecule has 0 aromatic heterocycles. The largest absolute Gasteiger partial charge is 0.488 e. The zero-order valence-electron chi connectivity index (χ0n) is 16.0. The van der Waals surface area contributed by atoms with E-state index in [0.717, 1.165) is 37.0 Å². The summed E-state index contributed by atoms with van der Waals surface area (Å²) in [4.78, 5) is 24.0. The lowest BCUT2D eigenvalue weighted by atomic mass is 10.1. The Morgan fingerprint density at radius 3 is 2.43 bits per heavy atom. The molecule has 6 heteroatoms. The average molecular weight is 401 g/mol. The smallest absolute Gasteiger partial charge is 0.252 e. The number of rotatable bonds is 12. The molecule has 0 radical (unpaired) electrons. The number of nitrogens with one attached hydrogen (secondary N) is 1. The van der Waals surface area contributed by atoms with Crippen LogP contribution < -0.4 is 15.8 Å². The average Bonchev–Trinajstić information content (AvgIpc) is 2.71. The SMILES string of the molecule is NC(=O)c1c(CNC(=O)CCCCCCS)cccc1OCc1ccccc1. The van der Waals surface area contributed by atoms with E-state index in [1.165, 1.54) is 0 Å². The quantitative estimate of drug-likeness (QED) is 0.374. The summed E-state index contributed by atoms with van der Waals surface area (Å²) in [6.07, 6.45) is 4.50. The van der Waals surface area contributed by atoms with Crippen molar-refractivity contribution in [2.75, 3.05) is 5.75 Å². The van der Waals surface area contributed by atoms with E-state index >= 15 is 0 Å². The molecule has 0 spiro atoms. The van der Waals surface area contributed by atoms with Crippen molar-refractivity contribution in [1.29, 1.82) is 0 Å². The van der Waals surface area contributed by atoms with Gasteiger partial charge in [0.25, 0.3) is 5.91 Å². The monoisotopic (exact) mass is 400 g/mol. The molecule has 0 unspecified atom stereocenters. The molecular formula is C22H28N2O3S. The number of nitrogens with two attached hydrogens (primary N) is 1. The fourth-order valence-corrected chi connectivity index (χ4v) is 3.12. The highest BCUT2D eigenvalue weighted by atomic mass is 32.1. The van der Waals surface area contributed by atoms with E-state index in [-0.39, 0.29) is 12.5 Å². The molecule has 3 N–H and O–H groups in total. The lowest BCUT2D eigenvalue weighted by Gasteiger charge is -2.14. The first-order chi connectivity index (χ1) is 13.6. The Bertz CT molecular complexity index is 766. The Hall–Kier alpha value is -2.47. The molecule has 2 rings (SSSR count). The summed E-state index contributed by atoms with van der Waals surface area (Å²) in [5.41, 5.74) is 7.54. The molecule has 2 aromatic rings. The number of ether oxygens (including phenoxy) is 1. The maximum absolute atomic E-state index is 12.1. The summed E-state index contributed by atoms with van der Waals surface area (Å²) in [5, 5.41) is 2.87. The van der Waals surface area contributed by atoms with Crippen molar-refractivity contribution < 1.29 is 14.3 Å². The minimum Gasteiger partial charge on any atom is -0.488 e. The third-order valence-electron chi connectivity index (χ3n) is 4.38. The number of thiol groups is 1. The van der Waals surface area contributed by atoms with E-state index in [0.29, 0.717) is 29.9 Å². The summed E-state index contributed by atoms with van der Waals surface area (Å²) in [5.74, 6) is 0.705. The predicted octanol–water partition coefficient (Wildman–Crippen LogP) is 3.86. The summed E-state index contributed by atoms with van der Waals surface area (Å²) >= 11 is 4.18. The maximum atomic E-state index is 12.1. The number of carbonyl (C=O) groups excluding carboxylic acids is 2. The van der Waals surface area contributed by atoms with E-state index < -0.39 is 5.91 Å². The Kier molecular flexibility index (Phi) is 9.42. The van der Waals surface area contributed by atoms with Crippen molar-refractivity contribution in [2.24, 2.45) is 5.73 Å².